The average Bonchev–Trinajstić information content (AvgIpc) is 2.36. The minimum absolute atomic E-state index is 0.136. The Balaban J connectivity index is 2.33. The molecule has 0 atom stereocenters. The van der Waals surface area contributed by atoms with Crippen LogP contribution in [0.15, 0.2) is 30.4 Å². The summed E-state index contributed by atoms with van der Waals surface area (Å²) in [5.41, 5.74) is 12.6. The number of anilines is 2. The molecule has 0 saturated carbocycles. The fourth-order valence-corrected chi connectivity index (χ4v) is 1.39. The van der Waals surface area contributed by atoms with Crippen LogP contribution < -0.4 is 11.5 Å². The third kappa shape index (κ3) is 5.01. The van der Waals surface area contributed by atoms with Gasteiger partial charge in [0.25, 0.3) is 0 Å². The lowest BCUT2D eigenvalue weighted by Gasteiger charge is -2.07. The van der Waals surface area contributed by atoms with Crippen LogP contribution in [-0.2, 0) is 14.3 Å². The fourth-order valence-electron chi connectivity index (χ4n) is 1.39. The van der Waals surface area contributed by atoms with Crippen LogP contribution in [-0.4, -0.2) is 25.2 Å². The van der Waals surface area contributed by atoms with Crippen molar-refractivity contribution in [1.82, 2.24) is 0 Å². The van der Waals surface area contributed by atoms with Gasteiger partial charge in [-0.25, -0.2) is 9.59 Å². The van der Waals surface area contributed by atoms with Crippen molar-refractivity contribution in [2.45, 2.75) is 13.3 Å². The molecule has 6 heteroatoms. The number of nitrogens with two attached hydrogens (primary N) is 2. The molecule has 0 bridgehead atoms. The summed E-state index contributed by atoms with van der Waals surface area (Å²) in [7, 11) is 0. The molecule has 0 radical (unpaired) electrons. The lowest BCUT2D eigenvalue weighted by Crippen LogP contribution is -2.11. The van der Waals surface area contributed by atoms with Gasteiger partial charge in [-0.2, -0.15) is 0 Å². The summed E-state index contributed by atoms with van der Waals surface area (Å²) in [5.74, 6) is -0.977. The van der Waals surface area contributed by atoms with Gasteiger partial charge in [0.05, 0.1) is 18.8 Å². The van der Waals surface area contributed by atoms with Gasteiger partial charge in [-0.3, -0.25) is 0 Å². The van der Waals surface area contributed by atoms with Gasteiger partial charge in [0.1, 0.15) is 0 Å². The van der Waals surface area contributed by atoms with Crippen molar-refractivity contribution in [2.24, 2.45) is 0 Å². The van der Waals surface area contributed by atoms with E-state index in [-0.39, 0.29) is 13.2 Å². The van der Waals surface area contributed by atoms with Crippen LogP contribution in [0.25, 0.3) is 0 Å². The van der Waals surface area contributed by atoms with Crippen LogP contribution in [0.3, 0.4) is 0 Å². The molecule has 0 aliphatic carbocycles. The Hall–Kier alpha value is -2.50. The molecule has 0 unspecified atom stereocenters. The van der Waals surface area contributed by atoms with Crippen LogP contribution in [0.5, 0.6) is 0 Å². The zero-order valence-electron chi connectivity index (χ0n) is 11.3. The van der Waals surface area contributed by atoms with E-state index in [1.165, 1.54) is 12.1 Å². The second-order valence-corrected chi connectivity index (χ2v) is 4.29. The van der Waals surface area contributed by atoms with Crippen molar-refractivity contribution in [1.29, 1.82) is 0 Å². The highest BCUT2D eigenvalue weighted by atomic mass is 16.5. The van der Waals surface area contributed by atoms with E-state index in [1.807, 2.05) is 0 Å². The van der Waals surface area contributed by atoms with E-state index in [2.05, 4.69) is 6.58 Å². The van der Waals surface area contributed by atoms with Crippen molar-refractivity contribution in [3.05, 3.63) is 35.9 Å². The highest BCUT2D eigenvalue weighted by Crippen LogP contribution is 2.14. The van der Waals surface area contributed by atoms with Crippen LogP contribution >= 0.6 is 0 Å². The monoisotopic (exact) mass is 278 g/mol. The van der Waals surface area contributed by atoms with Gasteiger partial charge in [-0.15, -0.1) is 0 Å². The first-order valence-electron chi connectivity index (χ1n) is 6.06. The number of rotatable bonds is 6. The Morgan fingerprint density at radius 3 is 2.20 bits per heavy atom. The summed E-state index contributed by atoms with van der Waals surface area (Å²) in [6.07, 6.45) is 0.405. The topological polar surface area (TPSA) is 105 Å². The first kappa shape index (κ1) is 15.6. The van der Waals surface area contributed by atoms with Crippen molar-refractivity contribution in [2.75, 3.05) is 24.7 Å². The van der Waals surface area contributed by atoms with Gasteiger partial charge < -0.3 is 20.9 Å². The van der Waals surface area contributed by atoms with Crippen molar-refractivity contribution in [3.8, 4) is 0 Å². The number of ether oxygens (including phenoxy) is 2. The first-order valence-corrected chi connectivity index (χ1v) is 6.06. The number of hydrogen-bond donors (Lipinski definition) is 2. The molecule has 0 aliphatic heterocycles. The summed E-state index contributed by atoms with van der Waals surface area (Å²) in [5, 5.41) is 0. The standard InChI is InChI=1S/C14H18N2O4/c1-9(2)13(17)19-4-3-5-20-14(18)10-6-11(15)8-12(16)7-10/h6-8H,1,3-5,15-16H2,2H3. The summed E-state index contributed by atoms with van der Waals surface area (Å²) in [6.45, 7) is 5.32. The van der Waals surface area contributed by atoms with Gasteiger partial charge in [0.2, 0.25) is 0 Å². The van der Waals surface area contributed by atoms with E-state index in [4.69, 9.17) is 20.9 Å². The van der Waals surface area contributed by atoms with Crippen LogP contribution in [0, 0.1) is 0 Å². The van der Waals surface area contributed by atoms with E-state index in [0.29, 0.717) is 28.9 Å². The van der Waals surface area contributed by atoms with Crippen molar-refractivity contribution in [3.63, 3.8) is 0 Å². The molecule has 0 amide bonds. The second-order valence-electron chi connectivity index (χ2n) is 4.29. The molecule has 0 fully saturated rings. The minimum Gasteiger partial charge on any atom is -0.462 e. The minimum atomic E-state index is -0.518. The van der Waals surface area contributed by atoms with E-state index in [9.17, 15) is 9.59 Å². The smallest absolute Gasteiger partial charge is 0.338 e. The van der Waals surface area contributed by atoms with Gasteiger partial charge in [-0.05, 0) is 25.1 Å². The summed E-state index contributed by atoms with van der Waals surface area (Å²) in [6, 6.07) is 4.52. The molecule has 0 saturated heterocycles. The third-order valence-corrected chi connectivity index (χ3v) is 2.32. The second kappa shape index (κ2) is 7.18. The fraction of sp³-hybridized carbons (Fsp3) is 0.286. The van der Waals surface area contributed by atoms with Gasteiger partial charge in [-0.1, -0.05) is 6.58 Å². The Morgan fingerprint density at radius 2 is 1.65 bits per heavy atom. The summed E-state index contributed by atoms with van der Waals surface area (Å²) < 4.78 is 9.88. The average molecular weight is 278 g/mol. The molecular weight excluding hydrogens is 260 g/mol. The highest BCUT2D eigenvalue weighted by Gasteiger charge is 2.09. The molecular formula is C14H18N2O4. The lowest BCUT2D eigenvalue weighted by molar-refractivity contribution is -0.139. The van der Waals surface area contributed by atoms with Crippen LogP contribution in [0.1, 0.15) is 23.7 Å². The molecule has 0 aromatic heterocycles. The highest BCUT2D eigenvalue weighted by molar-refractivity contribution is 5.91. The predicted octanol–water partition coefficient (Wildman–Crippen LogP) is 1.52. The Kier molecular flexibility index (Phi) is 5.58. The molecule has 0 spiro atoms. The molecule has 6 nitrogen and oxygen atoms in total. The predicted molar refractivity (Wildman–Crippen MR) is 75.9 cm³/mol. The summed E-state index contributed by atoms with van der Waals surface area (Å²) in [4.78, 5) is 22.8. The van der Waals surface area contributed by atoms with E-state index in [1.54, 1.807) is 13.0 Å². The quantitative estimate of drug-likeness (QED) is 0.354. The summed E-state index contributed by atoms with van der Waals surface area (Å²) >= 11 is 0. The molecule has 108 valence electrons. The third-order valence-electron chi connectivity index (χ3n) is 2.32. The van der Waals surface area contributed by atoms with E-state index < -0.39 is 11.9 Å². The van der Waals surface area contributed by atoms with Crippen molar-refractivity contribution < 1.29 is 19.1 Å². The Morgan fingerprint density at radius 1 is 1.10 bits per heavy atom. The molecule has 20 heavy (non-hydrogen) atoms. The molecule has 1 rings (SSSR count). The maximum atomic E-state index is 11.7. The lowest BCUT2D eigenvalue weighted by atomic mass is 10.2. The zero-order valence-corrected chi connectivity index (χ0v) is 11.3. The molecule has 1 aromatic rings. The maximum absolute atomic E-state index is 11.7. The molecule has 0 aliphatic rings. The van der Waals surface area contributed by atoms with Gasteiger partial charge in [0.15, 0.2) is 0 Å². The molecule has 0 heterocycles. The van der Waals surface area contributed by atoms with Gasteiger partial charge in [0, 0.05) is 23.4 Å². The van der Waals surface area contributed by atoms with Crippen LogP contribution in [0.2, 0.25) is 0 Å². The number of carbonyl (C=O) groups is 2. The number of carbonyl (C=O) groups excluding carboxylic acids is 2. The molecule has 4 N–H and O–H groups in total. The Labute approximate surface area is 117 Å². The number of hydrogen-bond acceptors (Lipinski definition) is 6. The van der Waals surface area contributed by atoms with E-state index >= 15 is 0 Å². The maximum Gasteiger partial charge on any atom is 0.338 e. The zero-order chi connectivity index (χ0) is 15.1. The van der Waals surface area contributed by atoms with Gasteiger partial charge >= 0.3 is 11.9 Å². The normalized spacial score (nSPS) is 9.85. The number of nitrogen functional groups attached to an aromatic ring is 2. The Bertz CT molecular complexity index is 506. The van der Waals surface area contributed by atoms with E-state index in [0.717, 1.165) is 0 Å². The largest absolute Gasteiger partial charge is 0.462 e. The number of benzene rings is 1. The molecule has 1 aromatic carbocycles. The SMILES string of the molecule is C=C(C)C(=O)OCCCOC(=O)c1cc(N)cc(N)c1. The van der Waals surface area contributed by atoms with Crippen molar-refractivity contribution >= 4 is 23.3 Å². The first-order chi connectivity index (χ1) is 9.40. The van der Waals surface area contributed by atoms with Crippen LogP contribution in [0.4, 0.5) is 11.4 Å². The number of esters is 2.